The third-order valence-electron chi connectivity index (χ3n) is 4.18. The zero-order valence-corrected chi connectivity index (χ0v) is 11.3. The van der Waals surface area contributed by atoms with Gasteiger partial charge in [-0.15, -0.1) is 0 Å². The number of nitrogens with one attached hydrogen (secondary N) is 1. The topological polar surface area (TPSA) is 24.5 Å². The lowest BCUT2D eigenvalue weighted by molar-refractivity contribution is 0.0873. The summed E-state index contributed by atoms with van der Waals surface area (Å²) in [5, 5.41) is 3.61. The van der Waals surface area contributed by atoms with Gasteiger partial charge < -0.3 is 15.0 Å². The van der Waals surface area contributed by atoms with E-state index in [-0.39, 0.29) is 0 Å². The molecule has 2 heterocycles. The Morgan fingerprint density at radius 3 is 2.88 bits per heavy atom. The van der Waals surface area contributed by atoms with Crippen LogP contribution in [-0.2, 0) is 4.74 Å². The Morgan fingerprint density at radius 1 is 1.29 bits per heavy atom. The van der Waals surface area contributed by atoms with Crippen molar-refractivity contribution in [3.63, 3.8) is 0 Å². The zero-order chi connectivity index (χ0) is 11.9. The van der Waals surface area contributed by atoms with Crippen LogP contribution in [0.15, 0.2) is 0 Å². The summed E-state index contributed by atoms with van der Waals surface area (Å²) in [5.74, 6) is 0.756. The molecule has 0 saturated carbocycles. The highest BCUT2D eigenvalue weighted by atomic mass is 16.5. The van der Waals surface area contributed by atoms with Crippen molar-refractivity contribution in [2.45, 2.75) is 45.1 Å². The highest BCUT2D eigenvalue weighted by Crippen LogP contribution is 2.22. The van der Waals surface area contributed by atoms with Crippen molar-refractivity contribution >= 4 is 0 Å². The second-order valence-corrected chi connectivity index (χ2v) is 5.47. The van der Waals surface area contributed by atoms with Crippen LogP contribution in [0.1, 0.15) is 39.0 Å². The van der Waals surface area contributed by atoms with Gasteiger partial charge in [-0.2, -0.15) is 0 Å². The minimum Gasteiger partial charge on any atom is -0.378 e. The van der Waals surface area contributed by atoms with Gasteiger partial charge in [-0.05, 0) is 64.2 Å². The fourth-order valence-corrected chi connectivity index (χ4v) is 3.10. The van der Waals surface area contributed by atoms with E-state index in [1.165, 1.54) is 58.3 Å². The lowest BCUT2D eigenvalue weighted by Gasteiger charge is -2.18. The van der Waals surface area contributed by atoms with E-state index in [2.05, 4.69) is 17.1 Å². The van der Waals surface area contributed by atoms with Crippen LogP contribution in [0.3, 0.4) is 0 Å². The Balaban J connectivity index is 1.48. The minimum absolute atomic E-state index is 0.515. The van der Waals surface area contributed by atoms with E-state index < -0.39 is 0 Å². The summed E-state index contributed by atoms with van der Waals surface area (Å²) >= 11 is 0. The predicted molar refractivity (Wildman–Crippen MR) is 71.3 cm³/mol. The number of likely N-dealkylation sites (tertiary alicyclic amines) is 1. The molecule has 0 aromatic heterocycles. The third-order valence-corrected chi connectivity index (χ3v) is 4.18. The molecule has 2 atom stereocenters. The first-order valence-corrected chi connectivity index (χ1v) is 7.45. The Labute approximate surface area is 106 Å². The summed E-state index contributed by atoms with van der Waals surface area (Å²) in [6.07, 6.45) is 7.04. The Kier molecular flexibility index (Phi) is 5.75. The van der Waals surface area contributed by atoms with Crippen molar-refractivity contribution < 1.29 is 4.74 Å². The predicted octanol–water partition coefficient (Wildman–Crippen LogP) is 1.88. The number of hydrogen-bond donors (Lipinski definition) is 1. The summed E-state index contributed by atoms with van der Waals surface area (Å²) in [6, 6.07) is 0. The molecule has 0 amide bonds. The van der Waals surface area contributed by atoms with Gasteiger partial charge in [0.1, 0.15) is 0 Å². The van der Waals surface area contributed by atoms with Gasteiger partial charge in [0, 0.05) is 13.2 Å². The largest absolute Gasteiger partial charge is 0.378 e. The minimum atomic E-state index is 0.515. The zero-order valence-electron chi connectivity index (χ0n) is 11.3. The summed E-state index contributed by atoms with van der Waals surface area (Å²) in [7, 11) is 0. The number of ether oxygens (including phenoxy) is 1. The molecule has 2 saturated heterocycles. The van der Waals surface area contributed by atoms with Crippen LogP contribution < -0.4 is 5.32 Å². The first-order valence-electron chi connectivity index (χ1n) is 7.45. The molecular weight excluding hydrogens is 212 g/mol. The van der Waals surface area contributed by atoms with E-state index in [4.69, 9.17) is 4.74 Å². The lowest BCUT2D eigenvalue weighted by atomic mass is 10.00. The van der Waals surface area contributed by atoms with Crippen molar-refractivity contribution in [3.8, 4) is 0 Å². The lowest BCUT2D eigenvalue weighted by Crippen LogP contribution is -2.30. The molecule has 3 heteroatoms. The number of hydrogen-bond acceptors (Lipinski definition) is 3. The maximum Gasteiger partial charge on any atom is 0.0613 e. The van der Waals surface area contributed by atoms with E-state index in [9.17, 15) is 0 Å². The van der Waals surface area contributed by atoms with Gasteiger partial charge in [0.2, 0.25) is 0 Å². The van der Waals surface area contributed by atoms with Crippen molar-refractivity contribution in [3.05, 3.63) is 0 Å². The number of nitrogens with zero attached hydrogens (tertiary/aromatic N) is 1. The van der Waals surface area contributed by atoms with Crippen LogP contribution in [0.2, 0.25) is 0 Å². The van der Waals surface area contributed by atoms with Gasteiger partial charge in [0.25, 0.3) is 0 Å². The molecule has 0 radical (unpaired) electrons. The molecule has 0 aromatic carbocycles. The van der Waals surface area contributed by atoms with E-state index in [0.717, 1.165) is 19.1 Å². The molecule has 2 unspecified atom stereocenters. The van der Waals surface area contributed by atoms with Gasteiger partial charge in [0.05, 0.1) is 6.10 Å². The first kappa shape index (κ1) is 13.3. The van der Waals surface area contributed by atoms with Crippen molar-refractivity contribution in [2.75, 3.05) is 39.3 Å². The van der Waals surface area contributed by atoms with E-state index in [0.29, 0.717) is 6.10 Å². The van der Waals surface area contributed by atoms with Crippen molar-refractivity contribution in [1.29, 1.82) is 0 Å². The standard InChI is InChI=1S/C14H28N2O/c1-2-14-13(6-11-17-14)12-15-7-5-10-16-8-3-4-9-16/h13-15H,2-12H2,1H3. The summed E-state index contributed by atoms with van der Waals surface area (Å²) in [6.45, 7) is 9.46. The highest BCUT2D eigenvalue weighted by molar-refractivity contribution is 4.77. The van der Waals surface area contributed by atoms with Gasteiger partial charge in [0.15, 0.2) is 0 Å². The SMILES string of the molecule is CCC1OCCC1CNCCCN1CCCC1. The number of rotatable bonds is 7. The molecule has 2 rings (SSSR count). The average molecular weight is 240 g/mol. The molecule has 17 heavy (non-hydrogen) atoms. The molecule has 0 aliphatic carbocycles. The molecular formula is C14H28N2O. The molecule has 0 spiro atoms. The smallest absolute Gasteiger partial charge is 0.0613 e. The highest BCUT2D eigenvalue weighted by Gasteiger charge is 2.25. The van der Waals surface area contributed by atoms with Gasteiger partial charge in [-0.1, -0.05) is 6.92 Å². The summed E-state index contributed by atoms with van der Waals surface area (Å²) in [4.78, 5) is 2.59. The Morgan fingerprint density at radius 2 is 2.12 bits per heavy atom. The fraction of sp³-hybridized carbons (Fsp3) is 1.00. The van der Waals surface area contributed by atoms with Crippen LogP contribution in [-0.4, -0.2) is 50.3 Å². The Bertz CT molecular complexity index is 204. The van der Waals surface area contributed by atoms with Crippen LogP contribution in [0, 0.1) is 5.92 Å². The molecule has 0 aromatic rings. The Hall–Kier alpha value is -0.120. The summed E-state index contributed by atoms with van der Waals surface area (Å²) in [5.41, 5.74) is 0. The quantitative estimate of drug-likeness (QED) is 0.688. The van der Waals surface area contributed by atoms with Crippen LogP contribution in [0.4, 0.5) is 0 Å². The molecule has 0 bridgehead atoms. The summed E-state index contributed by atoms with van der Waals surface area (Å²) < 4.78 is 5.70. The molecule has 2 aliphatic rings. The average Bonchev–Trinajstić information content (AvgIpc) is 2.98. The van der Waals surface area contributed by atoms with Crippen LogP contribution in [0.25, 0.3) is 0 Å². The maximum absolute atomic E-state index is 5.70. The van der Waals surface area contributed by atoms with Crippen LogP contribution >= 0.6 is 0 Å². The first-order chi connectivity index (χ1) is 8.40. The molecule has 2 fully saturated rings. The van der Waals surface area contributed by atoms with E-state index in [1.807, 2.05) is 0 Å². The fourth-order valence-electron chi connectivity index (χ4n) is 3.10. The molecule has 3 nitrogen and oxygen atoms in total. The van der Waals surface area contributed by atoms with Crippen molar-refractivity contribution in [1.82, 2.24) is 10.2 Å². The van der Waals surface area contributed by atoms with E-state index >= 15 is 0 Å². The van der Waals surface area contributed by atoms with E-state index in [1.54, 1.807) is 0 Å². The monoisotopic (exact) mass is 240 g/mol. The third kappa shape index (κ3) is 4.23. The van der Waals surface area contributed by atoms with Gasteiger partial charge >= 0.3 is 0 Å². The van der Waals surface area contributed by atoms with Gasteiger partial charge in [-0.3, -0.25) is 0 Å². The second-order valence-electron chi connectivity index (χ2n) is 5.47. The normalized spacial score (nSPS) is 30.2. The van der Waals surface area contributed by atoms with Gasteiger partial charge in [-0.25, -0.2) is 0 Å². The second kappa shape index (κ2) is 7.34. The van der Waals surface area contributed by atoms with Crippen molar-refractivity contribution in [2.24, 2.45) is 5.92 Å². The van der Waals surface area contributed by atoms with Crippen LogP contribution in [0.5, 0.6) is 0 Å². The molecule has 100 valence electrons. The molecule has 1 N–H and O–H groups in total. The molecule has 2 aliphatic heterocycles. The maximum atomic E-state index is 5.70.